The summed E-state index contributed by atoms with van der Waals surface area (Å²) in [6.07, 6.45) is 0.127. The van der Waals surface area contributed by atoms with E-state index in [2.05, 4.69) is 6.07 Å². The van der Waals surface area contributed by atoms with Crippen LogP contribution in [0.1, 0.15) is 15.9 Å². The Morgan fingerprint density at radius 2 is 1.94 bits per heavy atom. The molecule has 0 aliphatic carbocycles. The normalized spacial score (nSPS) is 10.7. The molecule has 0 fully saturated rings. The first kappa shape index (κ1) is 16.6. The van der Waals surface area contributed by atoms with Crippen molar-refractivity contribution in [2.45, 2.75) is 11.3 Å². The number of aliphatic hydroxyl groups is 1. The van der Waals surface area contributed by atoms with E-state index < -0.39 is 26.5 Å². The number of aromatic carboxylic acids is 1. The van der Waals surface area contributed by atoms with E-state index in [-0.39, 0.29) is 42.6 Å². The standard InChI is InChI=1S/C9H9O6S.Na/c10-4-3-6-1-2-7(9(11)12)8(5-6)16(13,14)15;/h1-2,10H,3-4H2,(H,11,12)(H,13,14,15);/q-1;+1. The van der Waals surface area contributed by atoms with Gasteiger partial charge >= 0.3 is 29.6 Å². The molecule has 1 rings (SSSR count). The predicted octanol–water partition coefficient (Wildman–Crippen LogP) is -3.03. The van der Waals surface area contributed by atoms with E-state index in [0.29, 0.717) is 5.56 Å². The average molecular weight is 268 g/mol. The fraction of sp³-hybridized carbons (Fsp3) is 0.222. The number of carboxylic acid groups (broad SMARTS) is 1. The molecule has 1 aromatic carbocycles. The van der Waals surface area contributed by atoms with Crippen LogP contribution < -0.4 is 29.6 Å². The molecule has 0 heterocycles. The van der Waals surface area contributed by atoms with Crippen LogP contribution in [0, 0.1) is 6.07 Å². The van der Waals surface area contributed by atoms with Gasteiger partial charge in [0.05, 0.1) is 0 Å². The summed E-state index contributed by atoms with van der Waals surface area (Å²) < 4.78 is 30.7. The van der Waals surface area contributed by atoms with Gasteiger partial charge in [0.2, 0.25) is 0 Å². The SMILES string of the molecule is O=C(O)c1ccc(CCO)[c-]c1S(=O)(=O)O.[Na+]. The van der Waals surface area contributed by atoms with Crippen LogP contribution in [-0.4, -0.2) is 35.8 Å². The van der Waals surface area contributed by atoms with Gasteiger partial charge in [0, 0.05) is 6.61 Å². The molecule has 0 saturated heterocycles. The molecule has 0 aliphatic heterocycles. The van der Waals surface area contributed by atoms with Gasteiger partial charge in [-0.2, -0.15) is 32.2 Å². The van der Waals surface area contributed by atoms with Crippen molar-refractivity contribution in [3.63, 3.8) is 0 Å². The van der Waals surface area contributed by atoms with Crippen LogP contribution in [0.3, 0.4) is 0 Å². The monoisotopic (exact) mass is 268 g/mol. The predicted molar refractivity (Wildman–Crippen MR) is 52.8 cm³/mol. The molecular weight excluding hydrogens is 259 g/mol. The Bertz CT molecular complexity index is 510. The molecule has 17 heavy (non-hydrogen) atoms. The molecule has 1 aromatic rings. The quantitative estimate of drug-likeness (QED) is 0.304. The number of rotatable bonds is 4. The van der Waals surface area contributed by atoms with E-state index in [0.717, 1.165) is 6.07 Å². The maximum absolute atomic E-state index is 10.9. The molecule has 0 aromatic heterocycles. The Kier molecular flexibility index (Phi) is 6.31. The van der Waals surface area contributed by atoms with Crippen molar-refractivity contribution in [2.24, 2.45) is 0 Å². The van der Waals surface area contributed by atoms with Gasteiger partial charge in [-0.3, -0.25) is 9.35 Å². The molecule has 6 nitrogen and oxygen atoms in total. The maximum atomic E-state index is 10.9. The number of aliphatic hydroxyl groups excluding tert-OH is 1. The van der Waals surface area contributed by atoms with Crippen LogP contribution >= 0.6 is 0 Å². The molecular formula is C9H9NaO6S. The zero-order valence-corrected chi connectivity index (χ0v) is 11.9. The summed E-state index contributed by atoms with van der Waals surface area (Å²) in [5.74, 6) is -1.47. The Balaban J connectivity index is 0.00000256. The minimum Gasteiger partial charge on any atom is -0.487 e. The fourth-order valence-electron chi connectivity index (χ4n) is 1.15. The van der Waals surface area contributed by atoms with E-state index in [9.17, 15) is 13.2 Å². The molecule has 0 amide bonds. The van der Waals surface area contributed by atoms with Gasteiger partial charge in [-0.25, -0.2) is 0 Å². The van der Waals surface area contributed by atoms with Crippen LogP contribution in [0.2, 0.25) is 0 Å². The number of hydrogen-bond acceptors (Lipinski definition) is 4. The van der Waals surface area contributed by atoms with E-state index in [1.165, 1.54) is 6.07 Å². The Hall–Kier alpha value is -0.440. The van der Waals surface area contributed by atoms with Gasteiger partial charge in [0.15, 0.2) is 0 Å². The number of carboxylic acids is 1. The van der Waals surface area contributed by atoms with Crippen molar-refractivity contribution in [1.29, 1.82) is 0 Å². The average Bonchev–Trinajstić information content (AvgIpc) is 2.16. The third-order valence-corrected chi connectivity index (χ3v) is 2.68. The van der Waals surface area contributed by atoms with Crippen molar-refractivity contribution in [1.82, 2.24) is 0 Å². The van der Waals surface area contributed by atoms with Crippen LogP contribution in [0.25, 0.3) is 0 Å². The minimum atomic E-state index is -4.64. The maximum Gasteiger partial charge on any atom is 1.00 e. The summed E-state index contributed by atoms with van der Waals surface area (Å²) in [6, 6.07) is 4.63. The molecule has 8 heteroatoms. The van der Waals surface area contributed by atoms with E-state index in [1.807, 2.05) is 0 Å². The van der Waals surface area contributed by atoms with Gasteiger partial charge in [0.25, 0.3) is 16.1 Å². The second kappa shape index (κ2) is 6.48. The van der Waals surface area contributed by atoms with Crippen LogP contribution in [0.4, 0.5) is 0 Å². The molecule has 0 radical (unpaired) electrons. The first-order valence-electron chi connectivity index (χ1n) is 4.23. The first-order chi connectivity index (χ1) is 7.36. The Morgan fingerprint density at radius 3 is 2.35 bits per heavy atom. The fourth-order valence-corrected chi connectivity index (χ4v) is 1.85. The molecule has 0 unspecified atom stereocenters. The molecule has 0 spiro atoms. The van der Waals surface area contributed by atoms with Crippen LogP contribution in [0.5, 0.6) is 0 Å². The van der Waals surface area contributed by atoms with E-state index >= 15 is 0 Å². The number of benzene rings is 1. The molecule has 0 atom stereocenters. The number of hydrogen-bond donors (Lipinski definition) is 3. The first-order valence-corrected chi connectivity index (χ1v) is 5.67. The smallest absolute Gasteiger partial charge is 0.487 e. The van der Waals surface area contributed by atoms with Crippen LogP contribution in [0.15, 0.2) is 17.0 Å². The van der Waals surface area contributed by atoms with Crippen molar-refractivity contribution in [3.05, 3.63) is 29.3 Å². The van der Waals surface area contributed by atoms with Gasteiger partial charge < -0.3 is 10.2 Å². The zero-order chi connectivity index (χ0) is 12.3. The Morgan fingerprint density at radius 1 is 1.35 bits per heavy atom. The summed E-state index contributed by atoms with van der Waals surface area (Å²) in [6.45, 7) is -0.228. The summed E-state index contributed by atoms with van der Waals surface area (Å²) in [7, 11) is -4.64. The topological polar surface area (TPSA) is 112 Å². The minimum absolute atomic E-state index is 0. The molecule has 0 saturated carbocycles. The van der Waals surface area contributed by atoms with Crippen LogP contribution in [-0.2, 0) is 16.5 Å². The largest absolute Gasteiger partial charge is 1.00 e. The summed E-state index contributed by atoms with van der Waals surface area (Å²) in [4.78, 5) is 9.91. The summed E-state index contributed by atoms with van der Waals surface area (Å²) in [5.41, 5.74) is -0.246. The van der Waals surface area contributed by atoms with Gasteiger partial charge in [-0.15, -0.1) is 0 Å². The third-order valence-electron chi connectivity index (χ3n) is 1.84. The van der Waals surface area contributed by atoms with E-state index in [4.69, 9.17) is 14.8 Å². The molecule has 3 N–H and O–H groups in total. The van der Waals surface area contributed by atoms with Gasteiger partial charge in [-0.05, 0) is 16.9 Å². The van der Waals surface area contributed by atoms with E-state index in [1.54, 1.807) is 0 Å². The van der Waals surface area contributed by atoms with Crippen molar-refractivity contribution >= 4 is 16.1 Å². The molecule has 88 valence electrons. The van der Waals surface area contributed by atoms with Crippen molar-refractivity contribution in [2.75, 3.05) is 6.61 Å². The second-order valence-corrected chi connectivity index (χ2v) is 4.34. The van der Waals surface area contributed by atoms with Crippen molar-refractivity contribution < 1.29 is 57.5 Å². The summed E-state index contributed by atoms with van der Waals surface area (Å²) >= 11 is 0. The number of carbonyl (C=O) groups is 1. The van der Waals surface area contributed by atoms with Crippen molar-refractivity contribution in [3.8, 4) is 0 Å². The van der Waals surface area contributed by atoms with Gasteiger partial charge in [0.1, 0.15) is 0 Å². The molecule has 0 bridgehead atoms. The third kappa shape index (κ3) is 4.38. The molecule has 0 aliphatic rings. The summed E-state index contributed by atoms with van der Waals surface area (Å²) in [5, 5.41) is 17.3. The Labute approximate surface area is 120 Å². The zero-order valence-electron chi connectivity index (χ0n) is 9.04. The van der Waals surface area contributed by atoms with Gasteiger partial charge in [-0.1, -0.05) is 0 Å². The second-order valence-electron chi connectivity index (χ2n) is 2.98.